The van der Waals surface area contributed by atoms with Crippen LogP contribution in [0.1, 0.15) is 0 Å². The Morgan fingerprint density at radius 3 is 2.12 bits per heavy atom. The molecule has 0 saturated carbocycles. The molecular weight excluding hydrogens is 374 g/mol. The molecule has 3 rings (SSSR count). The number of hydrogen-bond donors (Lipinski definition) is 0. The maximum Gasteiger partial charge on any atom is 0.164 e. The Hall–Kier alpha value is -2.54. The standard InChI is InChI=1S/C17H16BrN3O3/c1-22-15-9-17(24-3)16(23-2)8-13(15)21-14(10-19-20-21)11-4-6-12(18)7-5-11/h4-10H,1-3H3. The van der Waals surface area contributed by atoms with Gasteiger partial charge in [0.2, 0.25) is 0 Å². The molecule has 0 amide bonds. The highest BCUT2D eigenvalue weighted by Gasteiger charge is 2.17. The fourth-order valence-corrected chi connectivity index (χ4v) is 2.67. The molecule has 1 aromatic heterocycles. The quantitative estimate of drug-likeness (QED) is 0.665. The van der Waals surface area contributed by atoms with E-state index in [1.165, 1.54) is 0 Å². The first kappa shape index (κ1) is 16.3. The van der Waals surface area contributed by atoms with Crippen LogP contribution in [0.4, 0.5) is 0 Å². The van der Waals surface area contributed by atoms with Crippen molar-refractivity contribution in [1.29, 1.82) is 0 Å². The molecule has 0 bridgehead atoms. The number of halogens is 1. The van der Waals surface area contributed by atoms with Crippen molar-refractivity contribution in [2.45, 2.75) is 0 Å². The molecular formula is C17H16BrN3O3. The summed E-state index contributed by atoms with van der Waals surface area (Å²) >= 11 is 3.44. The molecule has 1 heterocycles. The highest BCUT2D eigenvalue weighted by Crippen LogP contribution is 2.37. The lowest BCUT2D eigenvalue weighted by atomic mass is 10.1. The second-order valence-electron chi connectivity index (χ2n) is 4.92. The van der Waals surface area contributed by atoms with Crippen molar-refractivity contribution >= 4 is 15.9 Å². The van der Waals surface area contributed by atoms with E-state index in [0.717, 1.165) is 15.7 Å². The minimum atomic E-state index is 0.586. The van der Waals surface area contributed by atoms with E-state index in [0.29, 0.717) is 22.9 Å². The van der Waals surface area contributed by atoms with Crippen molar-refractivity contribution in [2.24, 2.45) is 0 Å². The highest BCUT2D eigenvalue weighted by molar-refractivity contribution is 9.10. The van der Waals surface area contributed by atoms with Crippen molar-refractivity contribution < 1.29 is 14.2 Å². The third-order valence-corrected chi connectivity index (χ3v) is 4.13. The Morgan fingerprint density at radius 2 is 1.50 bits per heavy atom. The molecule has 6 nitrogen and oxygen atoms in total. The summed E-state index contributed by atoms with van der Waals surface area (Å²) in [5.74, 6) is 1.78. The Kier molecular flexibility index (Phi) is 4.71. The van der Waals surface area contributed by atoms with Crippen molar-refractivity contribution in [3.63, 3.8) is 0 Å². The zero-order valence-corrected chi connectivity index (χ0v) is 15.1. The predicted octanol–water partition coefficient (Wildman–Crippen LogP) is 3.72. The van der Waals surface area contributed by atoms with Crippen LogP contribution in [-0.4, -0.2) is 36.3 Å². The molecule has 0 N–H and O–H groups in total. The van der Waals surface area contributed by atoms with Gasteiger partial charge in [0.25, 0.3) is 0 Å². The monoisotopic (exact) mass is 389 g/mol. The smallest absolute Gasteiger partial charge is 0.164 e. The number of nitrogens with zero attached hydrogens (tertiary/aromatic N) is 3. The lowest BCUT2D eigenvalue weighted by Crippen LogP contribution is -2.04. The summed E-state index contributed by atoms with van der Waals surface area (Å²) in [6.45, 7) is 0. The topological polar surface area (TPSA) is 58.4 Å². The molecule has 0 aliphatic carbocycles. The largest absolute Gasteiger partial charge is 0.494 e. The summed E-state index contributed by atoms with van der Waals surface area (Å²) in [5.41, 5.74) is 2.54. The molecule has 7 heteroatoms. The average molecular weight is 390 g/mol. The van der Waals surface area contributed by atoms with E-state index in [1.54, 1.807) is 38.3 Å². The Morgan fingerprint density at radius 1 is 0.875 bits per heavy atom. The third kappa shape index (κ3) is 2.94. The van der Waals surface area contributed by atoms with E-state index in [2.05, 4.69) is 26.2 Å². The molecule has 0 spiro atoms. The maximum atomic E-state index is 5.49. The van der Waals surface area contributed by atoms with Crippen molar-refractivity contribution in [3.8, 4) is 34.2 Å². The van der Waals surface area contributed by atoms with Crippen molar-refractivity contribution in [2.75, 3.05) is 21.3 Å². The zero-order valence-electron chi connectivity index (χ0n) is 13.5. The van der Waals surface area contributed by atoms with Gasteiger partial charge in [-0.05, 0) is 12.1 Å². The highest BCUT2D eigenvalue weighted by atomic mass is 79.9. The minimum absolute atomic E-state index is 0.586. The van der Waals surface area contributed by atoms with E-state index >= 15 is 0 Å². The van der Waals surface area contributed by atoms with E-state index < -0.39 is 0 Å². The summed E-state index contributed by atoms with van der Waals surface area (Å²) < 4.78 is 18.9. The van der Waals surface area contributed by atoms with Gasteiger partial charge >= 0.3 is 0 Å². The Labute approximate surface area is 148 Å². The average Bonchev–Trinajstić information content (AvgIpc) is 3.10. The van der Waals surface area contributed by atoms with Gasteiger partial charge in [-0.25, -0.2) is 4.68 Å². The predicted molar refractivity (Wildman–Crippen MR) is 94.2 cm³/mol. The summed E-state index contributed by atoms with van der Waals surface area (Å²) in [6, 6.07) is 11.5. The molecule has 2 aromatic carbocycles. The van der Waals surface area contributed by atoms with E-state index in [9.17, 15) is 0 Å². The summed E-state index contributed by atoms with van der Waals surface area (Å²) in [4.78, 5) is 0. The first-order valence-electron chi connectivity index (χ1n) is 7.15. The SMILES string of the molecule is COc1cc(OC)c(-n2nncc2-c2ccc(Br)cc2)cc1OC. The van der Waals surface area contributed by atoms with E-state index in [-0.39, 0.29) is 0 Å². The van der Waals surface area contributed by atoms with Gasteiger partial charge in [-0.1, -0.05) is 33.3 Å². The Bertz CT molecular complexity index is 847. The van der Waals surface area contributed by atoms with Crippen LogP contribution in [0.5, 0.6) is 17.2 Å². The number of hydrogen-bond acceptors (Lipinski definition) is 5. The number of rotatable bonds is 5. The molecule has 0 unspecified atom stereocenters. The normalized spacial score (nSPS) is 10.5. The van der Waals surface area contributed by atoms with Gasteiger partial charge in [-0.15, -0.1) is 5.10 Å². The number of ether oxygens (including phenoxy) is 3. The van der Waals surface area contributed by atoms with Crippen LogP contribution in [0.2, 0.25) is 0 Å². The Balaban J connectivity index is 2.16. The summed E-state index contributed by atoms with van der Waals surface area (Å²) in [7, 11) is 4.77. The first-order valence-corrected chi connectivity index (χ1v) is 7.94. The lowest BCUT2D eigenvalue weighted by molar-refractivity contribution is 0.348. The second-order valence-corrected chi connectivity index (χ2v) is 5.83. The van der Waals surface area contributed by atoms with E-state index in [4.69, 9.17) is 14.2 Å². The van der Waals surface area contributed by atoms with Gasteiger partial charge in [-0.3, -0.25) is 0 Å². The van der Waals surface area contributed by atoms with Gasteiger partial charge in [0.15, 0.2) is 11.5 Å². The molecule has 0 atom stereocenters. The van der Waals surface area contributed by atoms with Crippen LogP contribution >= 0.6 is 15.9 Å². The molecule has 0 aliphatic heterocycles. The number of benzene rings is 2. The van der Waals surface area contributed by atoms with Gasteiger partial charge in [-0.2, -0.15) is 0 Å². The molecule has 124 valence electrons. The van der Waals surface area contributed by atoms with Crippen LogP contribution < -0.4 is 14.2 Å². The second kappa shape index (κ2) is 6.92. The number of aromatic nitrogens is 3. The molecule has 0 radical (unpaired) electrons. The fourth-order valence-electron chi connectivity index (χ4n) is 2.41. The van der Waals surface area contributed by atoms with Gasteiger partial charge in [0, 0.05) is 22.2 Å². The van der Waals surface area contributed by atoms with Gasteiger partial charge in [0.1, 0.15) is 11.4 Å². The van der Waals surface area contributed by atoms with Crippen LogP contribution in [0.15, 0.2) is 47.1 Å². The third-order valence-electron chi connectivity index (χ3n) is 3.60. The first-order chi connectivity index (χ1) is 11.7. The van der Waals surface area contributed by atoms with Crippen molar-refractivity contribution in [3.05, 3.63) is 47.1 Å². The van der Waals surface area contributed by atoms with Crippen LogP contribution in [0.3, 0.4) is 0 Å². The zero-order chi connectivity index (χ0) is 17.1. The van der Waals surface area contributed by atoms with Crippen LogP contribution in [-0.2, 0) is 0 Å². The molecule has 0 fully saturated rings. The molecule has 0 aliphatic rings. The summed E-state index contributed by atoms with van der Waals surface area (Å²) in [5, 5.41) is 8.25. The maximum absolute atomic E-state index is 5.49. The fraction of sp³-hybridized carbons (Fsp3) is 0.176. The lowest BCUT2D eigenvalue weighted by Gasteiger charge is -2.15. The van der Waals surface area contributed by atoms with Gasteiger partial charge in [0.05, 0.1) is 33.2 Å². The van der Waals surface area contributed by atoms with Crippen molar-refractivity contribution in [1.82, 2.24) is 15.0 Å². The molecule has 0 saturated heterocycles. The molecule has 24 heavy (non-hydrogen) atoms. The van der Waals surface area contributed by atoms with E-state index in [1.807, 2.05) is 30.3 Å². The summed E-state index contributed by atoms with van der Waals surface area (Å²) in [6.07, 6.45) is 1.71. The van der Waals surface area contributed by atoms with Gasteiger partial charge < -0.3 is 14.2 Å². The molecule has 3 aromatic rings. The minimum Gasteiger partial charge on any atom is -0.494 e. The van der Waals surface area contributed by atoms with Crippen LogP contribution in [0, 0.1) is 0 Å². The van der Waals surface area contributed by atoms with Crippen LogP contribution in [0.25, 0.3) is 16.9 Å². The number of methoxy groups -OCH3 is 3.